The second-order valence-electron chi connectivity index (χ2n) is 4.85. The highest BCUT2D eigenvalue weighted by molar-refractivity contribution is 8.14. The first kappa shape index (κ1) is 12.2. The third kappa shape index (κ3) is 3.37. The third-order valence-corrected chi connectivity index (χ3v) is 4.10. The average molecular weight is 242 g/mol. The Labute approximate surface area is 102 Å². The van der Waals surface area contributed by atoms with Gasteiger partial charge in [-0.2, -0.15) is 0 Å². The summed E-state index contributed by atoms with van der Waals surface area (Å²) in [4.78, 5) is 7.02. The summed E-state index contributed by atoms with van der Waals surface area (Å²) in [6, 6.07) is 0.464. The van der Waals surface area contributed by atoms with Gasteiger partial charge in [0.05, 0.1) is 6.04 Å². The summed E-state index contributed by atoms with van der Waals surface area (Å²) >= 11 is 1.87. The summed E-state index contributed by atoms with van der Waals surface area (Å²) in [6.07, 6.45) is 1.19. The normalized spacial score (nSPS) is 33.6. The Hall–Kier alpha value is -0.260. The second-order valence-corrected chi connectivity index (χ2v) is 6.28. The molecule has 4 nitrogen and oxygen atoms in total. The molecular formula is C11H22N4S. The number of hydrogen-bond donors (Lipinski definition) is 1. The first-order valence-corrected chi connectivity index (χ1v) is 6.96. The minimum Gasteiger partial charge on any atom is -0.304 e. The number of amidine groups is 1. The zero-order chi connectivity index (χ0) is 11.5. The van der Waals surface area contributed by atoms with Crippen molar-refractivity contribution in [3.8, 4) is 0 Å². The van der Waals surface area contributed by atoms with Crippen molar-refractivity contribution in [1.82, 2.24) is 15.3 Å². The number of nitrogens with one attached hydrogen (secondary N) is 1. The van der Waals surface area contributed by atoms with Crippen molar-refractivity contribution in [3.63, 3.8) is 0 Å². The van der Waals surface area contributed by atoms with Crippen LogP contribution in [0.3, 0.4) is 0 Å². The van der Waals surface area contributed by atoms with Gasteiger partial charge in [0, 0.05) is 31.4 Å². The van der Waals surface area contributed by atoms with Gasteiger partial charge in [-0.3, -0.25) is 10.4 Å². The van der Waals surface area contributed by atoms with Crippen LogP contribution in [0.4, 0.5) is 0 Å². The highest BCUT2D eigenvalue weighted by Crippen LogP contribution is 2.23. The maximum atomic E-state index is 4.66. The van der Waals surface area contributed by atoms with Crippen LogP contribution in [0, 0.1) is 0 Å². The summed E-state index contributed by atoms with van der Waals surface area (Å²) in [7, 11) is 2.17. The second kappa shape index (κ2) is 5.38. The molecule has 1 saturated heterocycles. The predicted molar refractivity (Wildman–Crippen MR) is 70.8 cm³/mol. The fraction of sp³-hybridized carbons (Fsp3) is 0.909. The number of hydrazine groups is 1. The maximum absolute atomic E-state index is 4.66. The molecule has 0 radical (unpaired) electrons. The molecule has 2 aliphatic rings. The van der Waals surface area contributed by atoms with Gasteiger partial charge < -0.3 is 4.90 Å². The van der Waals surface area contributed by atoms with Crippen LogP contribution in [0.1, 0.15) is 20.3 Å². The third-order valence-electron chi connectivity index (χ3n) is 3.08. The van der Waals surface area contributed by atoms with Crippen molar-refractivity contribution >= 4 is 16.9 Å². The van der Waals surface area contributed by atoms with Gasteiger partial charge in [0.25, 0.3) is 0 Å². The van der Waals surface area contributed by atoms with E-state index < -0.39 is 0 Å². The van der Waals surface area contributed by atoms with E-state index >= 15 is 0 Å². The van der Waals surface area contributed by atoms with Gasteiger partial charge in [-0.05, 0) is 20.4 Å². The van der Waals surface area contributed by atoms with Gasteiger partial charge >= 0.3 is 0 Å². The number of hydrogen-bond acceptors (Lipinski definition) is 5. The minimum atomic E-state index is 0.464. The summed E-state index contributed by atoms with van der Waals surface area (Å²) in [5.74, 6) is 0. The lowest BCUT2D eigenvalue weighted by Gasteiger charge is -2.34. The van der Waals surface area contributed by atoms with Gasteiger partial charge in [0.15, 0.2) is 5.17 Å². The number of likely N-dealkylation sites (N-methyl/N-ethyl adjacent to an activating group) is 1. The molecule has 2 aliphatic heterocycles. The van der Waals surface area contributed by atoms with Gasteiger partial charge in [-0.15, -0.1) is 0 Å². The molecule has 0 bridgehead atoms. The molecule has 0 aromatic heterocycles. The van der Waals surface area contributed by atoms with Gasteiger partial charge in [-0.1, -0.05) is 18.7 Å². The molecule has 0 saturated carbocycles. The topological polar surface area (TPSA) is 30.9 Å². The summed E-state index contributed by atoms with van der Waals surface area (Å²) in [6.45, 7) is 8.91. The first-order chi connectivity index (χ1) is 7.63. The molecule has 2 heterocycles. The number of aliphatic imine (C=N–C) groups is 1. The van der Waals surface area contributed by atoms with E-state index in [9.17, 15) is 0 Å². The van der Waals surface area contributed by atoms with E-state index in [2.05, 4.69) is 41.2 Å². The molecule has 92 valence electrons. The number of nitrogens with zero attached hydrogens (tertiary/aromatic N) is 3. The van der Waals surface area contributed by atoms with E-state index in [4.69, 9.17) is 0 Å². The number of rotatable bonds is 1. The van der Waals surface area contributed by atoms with Crippen molar-refractivity contribution < 1.29 is 0 Å². The van der Waals surface area contributed by atoms with E-state index in [1.54, 1.807) is 0 Å². The lowest BCUT2D eigenvalue weighted by Crippen LogP contribution is -2.52. The van der Waals surface area contributed by atoms with Crippen LogP contribution in [0.5, 0.6) is 0 Å². The van der Waals surface area contributed by atoms with E-state index in [1.165, 1.54) is 6.42 Å². The Morgan fingerprint density at radius 3 is 2.56 bits per heavy atom. The lowest BCUT2D eigenvalue weighted by atomic mass is 10.2. The molecule has 1 N–H and O–H groups in total. The van der Waals surface area contributed by atoms with E-state index in [1.807, 2.05) is 11.8 Å². The van der Waals surface area contributed by atoms with E-state index in [0.717, 1.165) is 31.3 Å². The zero-order valence-corrected chi connectivity index (χ0v) is 11.3. The first-order valence-electron chi connectivity index (χ1n) is 6.08. The largest absolute Gasteiger partial charge is 0.304 e. The fourth-order valence-corrected chi connectivity index (χ4v) is 3.29. The van der Waals surface area contributed by atoms with Crippen molar-refractivity contribution in [3.05, 3.63) is 0 Å². The van der Waals surface area contributed by atoms with Crippen LogP contribution in [-0.2, 0) is 0 Å². The Morgan fingerprint density at radius 2 is 1.94 bits per heavy atom. The van der Waals surface area contributed by atoms with Crippen LogP contribution >= 0.6 is 11.8 Å². The van der Waals surface area contributed by atoms with E-state index in [0.29, 0.717) is 11.3 Å². The van der Waals surface area contributed by atoms with Crippen molar-refractivity contribution in [2.45, 2.75) is 31.6 Å². The standard InChI is InChI=1S/C11H22N4S/c1-9-8-10(2)16-11(12-9)13-15-6-4-14(3)5-7-15/h9-10H,4-8H2,1-3H3,(H,12,13). The average Bonchev–Trinajstić information content (AvgIpc) is 2.20. The Bertz CT molecular complexity index is 261. The molecule has 1 fully saturated rings. The Morgan fingerprint density at radius 1 is 1.25 bits per heavy atom. The lowest BCUT2D eigenvalue weighted by molar-refractivity contribution is 0.131. The summed E-state index contributed by atoms with van der Waals surface area (Å²) < 4.78 is 0. The maximum Gasteiger partial charge on any atom is 0.171 e. The minimum absolute atomic E-state index is 0.464. The summed E-state index contributed by atoms with van der Waals surface area (Å²) in [5.41, 5.74) is 3.46. The monoisotopic (exact) mass is 242 g/mol. The molecule has 0 aliphatic carbocycles. The Kier molecular flexibility index (Phi) is 4.10. The molecule has 2 rings (SSSR count). The molecule has 0 aromatic carbocycles. The van der Waals surface area contributed by atoms with E-state index in [-0.39, 0.29) is 0 Å². The highest BCUT2D eigenvalue weighted by Gasteiger charge is 2.21. The van der Waals surface area contributed by atoms with Crippen molar-refractivity contribution in [1.29, 1.82) is 0 Å². The van der Waals surface area contributed by atoms with Crippen LogP contribution in [0.2, 0.25) is 0 Å². The van der Waals surface area contributed by atoms with Gasteiger partial charge in [0.1, 0.15) is 0 Å². The molecule has 5 heteroatoms. The molecule has 0 spiro atoms. The van der Waals surface area contributed by atoms with Crippen LogP contribution in [-0.4, -0.2) is 59.6 Å². The fourth-order valence-electron chi connectivity index (χ4n) is 2.11. The molecule has 2 unspecified atom stereocenters. The number of thioether (sulfide) groups is 1. The van der Waals surface area contributed by atoms with Crippen molar-refractivity contribution in [2.75, 3.05) is 33.2 Å². The molecule has 0 aromatic rings. The molecule has 0 amide bonds. The Balaban J connectivity index is 1.85. The van der Waals surface area contributed by atoms with Gasteiger partial charge in [-0.25, -0.2) is 5.01 Å². The highest BCUT2D eigenvalue weighted by atomic mass is 32.2. The zero-order valence-electron chi connectivity index (χ0n) is 10.4. The molecule has 2 atom stereocenters. The SMILES string of the molecule is CC1CC(C)SC(NN2CCN(C)CC2)=N1. The van der Waals surface area contributed by atoms with Crippen LogP contribution in [0.15, 0.2) is 4.99 Å². The van der Waals surface area contributed by atoms with Gasteiger partial charge in [0.2, 0.25) is 0 Å². The molecule has 16 heavy (non-hydrogen) atoms. The van der Waals surface area contributed by atoms with Crippen LogP contribution < -0.4 is 5.43 Å². The molecular weight excluding hydrogens is 220 g/mol. The predicted octanol–water partition coefficient (Wildman–Crippen LogP) is 1.01. The summed E-state index contributed by atoms with van der Waals surface area (Å²) in [5, 5.41) is 4.08. The van der Waals surface area contributed by atoms with Crippen molar-refractivity contribution in [2.24, 2.45) is 4.99 Å². The number of piperazine rings is 1. The quantitative estimate of drug-likeness (QED) is 0.743. The van der Waals surface area contributed by atoms with Crippen LogP contribution in [0.25, 0.3) is 0 Å². The smallest absolute Gasteiger partial charge is 0.171 e.